The van der Waals surface area contributed by atoms with Crippen LogP contribution in [0.2, 0.25) is 0 Å². The third kappa shape index (κ3) is 4.71. The first-order valence-electron chi connectivity index (χ1n) is 10.3. The summed E-state index contributed by atoms with van der Waals surface area (Å²) in [6.07, 6.45) is 10.5. The van der Waals surface area contributed by atoms with Gasteiger partial charge in [-0.3, -0.25) is 4.90 Å². The predicted octanol–water partition coefficient (Wildman–Crippen LogP) is 5.18. The molecule has 2 aliphatic carbocycles. The SMILES string of the molecule is CC.CC.CCN1C2CCCC1C2.CCN1CC2CCC1C2. The van der Waals surface area contributed by atoms with Crippen LogP contribution in [0.15, 0.2) is 0 Å². The maximum atomic E-state index is 2.66. The largest absolute Gasteiger partial charge is 0.300 e. The van der Waals surface area contributed by atoms with Crippen molar-refractivity contribution in [3.05, 3.63) is 0 Å². The van der Waals surface area contributed by atoms with Crippen LogP contribution in [-0.2, 0) is 0 Å². The number of piperidine rings is 2. The summed E-state index contributed by atoms with van der Waals surface area (Å²) in [5, 5.41) is 0. The van der Waals surface area contributed by atoms with Gasteiger partial charge in [0.25, 0.3) is 0 Å². The molecule has 4 atom stereocenters. The van der Waals surface area contributed by atoms with Crippen molar-refractivity contribution in [2.45, 2.75) is 105 Å². The van der Waals surface area contributed by atoms with Crippen LogP contribution in [0.5, 0.6) is 0 Å². The van der Waals surface area contributed by atoms with E-state index in [1.54, 1.807) is 0 Å². The summed E-state index contributed by atoms with van der Waals surface area (Å²) < 4.78 is 0. The highest BCUT2D eigenvalue weighted by atomic mass is 15.2. The molecule has 4 unspecified atom stereocenters. The summed E-state index contributed by atoms with van der Waals surface area (Å²) in [5.41, 5.74) is 0. The van der Waals surface area contributed by atoms with Gasteiger partial charge in [-0.05, 0) is 57.5 Å². The summed E-state index contributed by atoms with van der Waals surface area (Å²) in [6.45, 7) is 16.5. The van der Waals surface area contributed by atoms with E-state index in [0.717, 1.165) is 24.0 Å². The van der Waals surface area contributed by atoms with Crippen molar-refractivity contribution in [2.75, 3.05) is 19.6 Å². The van der Waals surface area contributed by atoms with E-state index in [0.29, 0.717) is 0 Å². The van der Waals surface area contributed by atoms with Gasteiger partial charge >= 0.3 is 0 Å². The van der Waals surface area contributed by atoms with Crippen LogP contribution >= 0.6 is 0 Å². The van der Waals surface area contributed by atoms with Gasteiger partial charge in [-0.25, -0.2) is 0 Å². The molecule has 3 saturated heterocycles. The molecular weight excluding hydrogens is 268 g/mol. The van der Waals surface area contributed by atoms with E-state index in [1.165, 1.54) is 64.6 Å². The molecule has 4 bridgehead atoms. The molecule has 132 valence electrons. The zero-order chi connectivity index (χ0) is 16.5. The molecule has 0 N–H and O–H groups in total. The number of fused-ring (bicyclic) bond motifs is 4. The highest BCUT2D eigenvalue weighted by Gasteiger charge is 2.39. The van der Waals surface area contributed by atoms with Crippen molar-refractivity contribution < 1.29 is 0 Å². The van der Waals surface area contributed by atoms with Crippen LogP contribution in [-0.4, -0.2) is 47.6 Å². The molecule has 3 aliphatic heterocycles. The molecule has 2 nitrogen and oxygen atoms in total. The van der Waals surface area contributed by atoms with E-state index < -0.39 is 0 Å². The lowest BCUT2D eigenvalue weighted by Gasteiger charge is -2.52. The molecule has 5 rings (SSSR count). The maximum Gasteiger partial charge on any atom is 0.0113 e. The van der Waals surface area contributed by atoms with Crippen LogP contribution < -0.4 is 0 Å². The average molecular weight is 311 g/mol. The predicted molar refractivity (Wildman–Crippen MR) is 99.5 cm³/mol. The zero-order valence-electron chi connectivity index (χ0n) is 16.3. The summed E-state index contributed by atoms with van der Waals surface area (Å²) in [4.78, 5) is 5.29. The lowest BCUT2D eigenvalue weighted by Crippen LogP contribution is -2.58. The minimum absolute atomic E-state index is 0.986. The summed E-state index contributed by atoms with van der Waals surface area (Å²) >= 11 is 0. The highest BCUT2D eigenvalue weighted by Crippen LogP contribution is 2.37. The second-order valence-corrected chi connectivity index (χ2v) is 6.73. The van der Waals surface area contributed by atoms with Gasteiger partial charge in [-0.2, -0.15) is 0 Å². The number of rotatable bonds is 2. The third-order valence-corrected chi connectivity index (χ3v) is 5.85. The minimum atomic E-state index is 0.986. The van der Waals surface area contributed by atoms with E-state index in [-0.39, 0.29) is 0 Å². The average Bonchev–Trinajstić information content (AvgIpc) is 3.23. The van der Waals surface area contributed by atoms with Crippen molar-refractivity contribution in [1.29, 1.82) is 0 Å². The van der Waals surface area contributed by atoms with Crippen molar-refractivity contribution >= 4 is 0 Å². The Bertz CT molecular complexity index is 263. The minimum Gasteiger partial charge on any atom is -0.300 e. The molecule has 2 saturated carbocycles. The Kier molecular flexibility index (Phi) is 9.66. The molecule has 0 radical (unpaired) electrons. The molecule has 22 heavy (non-hydrogen) atoms. The van der Waals surface area contributed by atoms with Gasteiger partial charge in [0.05, 0.1) is 0 Å². The molecule has 3 heterocycles. The van der Waals surface area contributed by atoms with Crippen molar-refractivity contribution in [3.8, 4) is 0 Å². The quantitative estimate of drug-likeness (QED) is 0.693. The smallest absolute Gasteiger partial charge is 0.0113 e. The van der Waals surface area contributed by atoms with Crippen LogP contribution in [0, 0.1) is 5.92 Å². The normalized spacial score (nSPS) is 35.2. The van der Waals surface area contributed by atoms with Gasteiger partial charge in [0, 0.05) is 24.7 Å². The second-order valence-electron chi connectivity index (χ2n) is 6.73. The standard InChI is InChI=1S/2C8H15N.2C2H6/c1-2-9-6-7-3-4-8(9)5-7;1-2-9-7-4-3-5-8(9)6-7;2*1-2/h2*7-8H,2-6H2,1H3;2*1-2H3. The van der Waals surface area contributed by atoms with Gasteiger partial charge in [-0.15, -0.1) is 0 Å². The molecule has 5 aliphatic rings. The topological polar surface area (TPSA) is 6.48 Å². The lowest BCUT2D eigenvalue weighted by atomic mass is 9.80. The summed E-state index contributed by atoms with van der Waals surface area (Å²) in [6, 6.07) is 2.97. The van der Waals surface area contributed by atoms with Crippen molar-refractivity contribution in [3.63, 3.8) is 0 Å². The fourth-order valence-corrected chi connectivity index (χ4v) is 4.83. The molecule has 0 aromatic rings. The summed E-state index contributed by atoms with van der Waals surface area (Å²) in [7, 11) is 0. The first-order valence-corrected chi connectivity index (χ1v) is 10.3. The number of hydrogen-bond donors (Lipinski definition) is 0. The van der Waals surface area contributed by atoms with Crippen LogP contribution in [0.25, 0.3) is 0 Å². The fraction of sp³-hybridized carbons (Fsp3) is 1.00. The van der Waals surface area contributed by atoms with E-state index in [4.69, 9.17) is 0 Å². The molecule has 2 heteroatoms. The first-order chi connectivity index (χ1) is 10.8. The van der Waals surface area contributed by atoms with Crippen molar-refractivity contribution in [2.24, 2.45) is 5.92 Å². The number of hydrogen-bond acceptors (Lipinski definition) is 2. The Hall–Kier alpha value is -0.0800. The lowest BCUT2D eigenvalue weighted by molar-refractivity contribution is -0.0221. The van der Waals surface area contributed by atoms with Crippen LogP contribution in [0.1, 0.15) is 86.5 Å². The highest BCUT2D eigenvalue weighted by molar-refractivity contribution is 4.95. The Balaban J connectivity index is 0.000000180. The molecular formula is C20H42N2. The molecule has 5 fully saturated rings. The van der Waals surface area contributed by atoms with Gasteiger partial charge in [0.15, 0.2) is 0 Å². The molecule has 0 spiro atoms. The van der Waals surface area contributed by atoms with Gasteiger partial charge in [0.2, 0.25) is 0 Å². The first kappa shape index (κ1) is 20.0. The van der Waals surface area contributed by atoms with E-state index in [1.807, 2.05) is 27.7 Å². The van der Waals surface area contributed by atoms with Crippen LogP contribution in [0.4, 0.5) is 0 Å². The monoisotopic (exact) mass is 310 g/mol. The van der Waals surface area contributed by atoms with E-state index in [9.17, 15) is 0 Å². The molecule has 0 aromatic heterocycles. The fourth-order valence-electron chi connectivity index (χ4n) is 4.83. The van der Waals surface area contributed by atoms with Gasteiger partial charge in [0.1, 0.15) is 0 Å². The molecule has 0 aromatic carbocycles. The number of likely N-dealkylation sites (tertiary alicyclic amines) is 1. The zero-order valence-corrected chi connectivity index (χ0v) is 16.3. The van der Waals surface area contributed by atoms with Crippen molar-refractivity contribution in [1.82, 2.24) is 9.80 Å². The maximum absolute atomic E-state index is 2.66. The number of nitrogens with zero attached hydrogens (tertiary/aromatic N) is 2. The van der Waals surface area contributed by atoms with Gasteiger partial charge < -0.3 is 4.90 Å². The Morgan fingerprint density at radius 1 is 0.727 bits per heavy atom. The third-order valence-electron chi connectivity index (χ3n) is 5.85. The van der Waals surface area contributed by atoms with Crippen LogP contribution in [0.3, 0.4) is 0 Å². The second kappa shape index (κ2) is 10.6. The Labute approximate surface area is 140 Å². The molecule has 0 amide bonds. The Morgan fingerprint density at radius 3 is 1.64 bits per heavy atom. The van der Waals surface area contributed by atoms with E-state index >= 15 is 0 Å². The van der Waals surface area contributed by atoms with Gasteiger partial charge in [-0.1, -0.05) is 48.0 Å². The summed E-state index contributed by atoms with van der Waals surface area (Å²) in [5.74, 6) is 1.08. The van der Waals surface area contributed by atoms with E-state index in [2.05, 4.69) is 23.6 Å². The Morgan fingerprint density at radius 2 is 1.36 bits per heavy atom.